The number of benzene rings is 2. The number of nitrogens with zero attached hydrogens (tertiary/aromatic N) is 1. The standard InChI is InChI=1S/C19H21BrN2O2/c20-17-3-1-2-16(12-17)13-19(23)21-14-15-4-6-18(7-5-15)22-8-10-24-11-9-22/h1-7,12H,8-11,13-14H2,(H,21,23). The molecule has 5 heteroatoms. The van der Waals surface area contributed by atoms with Crippen LogP contribution in [-0.4, -0.2) is 32.2 Å². The van der Waals surface area contributed by atoms with Crippen LogP contribution in [0, 0.1) is 0 Å². The quantitative estimate of drug-likeness (QED) is 0.855. The van der Waals surface area contributed by atoms with E-state index in [1.165, 1.54) is 5.69 Å². The summed E-state index contributed by atoms with van der Waals surface area (Å²) in [5.41, 5.74) is 3.32. The zero-order valence-electron chi connectivity index (χ0n) is 13.5. The molecule has 0 radical (unpaired) electrons. The van der Waals surface area contributed by atoms with Gasteiger partial charge < -0.3 is 15.0 Å². The Labute approximate surface area is 150 Å². The van der Waals surface area contributed by atoms with Gasteiger partial charge in [-0.1, -0.05) is 40.2 Å². The molecule has 1 heterocycles. The summed E-state index contributed by atoms with van der Waals surface area (Å²) >= 11 is 3.42. The lowest BCUT2D eigenvalue weighted by Crippen LogP contribution is -2.36. The van der Waals surface area contributed by atoms with Gasteiger partial charge in [-0.15, -0.1) is 0 Å². The van der Waals surface area contributed by atoms with E-state index >= 15 is 0 Å². The molecule has 1 fully saturated rings. The normalized spacial score (nSPS) is 14.5. The van der Waals surface area contributed by atoms with Crippen molar-refractivity contribution in [2.45, 2.75) is 13.0 Å². The summed E-state index contributed by atoms with van der Waals surface area (Å²) in [6, 6.07) is 16.2. The molecule has 1 aliphatic heterocycles. The van der Waals surface area contributed by atoms with Gasteiger partial charge in [-0.2, -0.15) is 0 Å². The van der Waals surface area contributed by atoms with Crippen LogP contribution in [0.5, 0.6) is 0 Å². The number of hydrogen-bond acceptors (Lipinski definition) is 3. The van der Waals surface area contributed by atoms with Crippen LogP contribution in [0.2, 0.25) is 0 Å². The number of hydrogen-bond donors (Lipinski definition) is 1. The molecule has 2 aromatic carbocycles. The minimum absolute atomic E-state index is 0.0327. The molecule has 1 aliphatic rings. The monoisotopic (exact) mass is 388 g/mol. The summed E-state index contributed by atoms with van der Waals surface area (Å²) in [6.45, 7) is 3.99. The number of amides is 1. The van der Waals surface area contributed by atoms with Gasteiger partial charge in [0.25, 0.3) is 0 Å². The molecular weight excluding hydrogens is 368 g/mol. The van der Waals surface area contributed by atoms with E-state index in [1.54, 1.807) is 0 Å². The molecule has 4 nitrogen and oxygen atoms in total. The first-order chi connectivity index (χ1) is 11.7. The van der Waals surface area contributed by atoms with Crippen LogP contribution < -0.4 is 10.2 Å². The van der Waals surface area contributed by atoms with Crippen LogP contribution in [-0.2, 0) is 22.5 Å². The molecule has 0 aromatic heterocycles. The Balaban J connectivity index is 1.50. The lowest BCUT2D eigenvalue weighted by Gasteiger charge is -2.28. The van der Waals surface area contributed by atoms with Gasteiger partial charge >= 0.3 is 0 Å². The summed E-state index contributed by atoms with van der Waals surface area (Å²) in [7, 11) is 0. The lowest BCUT2D eigenvalue weighted by atomic mass is 10.1. The van der Waals surface area contributed by atoms with Crippen molar-refractivity contribution < 1.29 is 9.53 Å². The second-order valence-electron chi connectivity index (χ2n) is 5.85. The van der Waals surface area contributed by atoms with Crippen LogP contribution in [0.1, 0.15) is 11.1 Å². The van der Waals surface area contributed by atoms with E-state index in [1.807, 2.05) is 24.3 Å². The van der Waals surface area contributed by atoms with Crippen LogP contribution >= 0.6 is 15.9 Å². The van der Waals surface area contributed by atoms with Gasteiger partial charge in [0.1, 0.15) is 0 Å². The smallest absolute Gasteiger partial charge is 0.224 e. The Morgan fingerprint density at radius 3 is 2.54 bits per heavy atom. The summed E-state index contributed by atoms with van der Waals surface area (Å²) < 4.78 is 6.37. The number of nitrogens with one attached hydrogen (secondary N) is 1. The molecule has 126 valence electrons. The molecule has 3 rings (SSSR count). The zero-order valence-corrected chi connectivity index (χ0v) is 15.1. The largest absolute Gasteiger partial charge is 0.378 e. The molecule has 0 spiro atoms. The van der Waals surface area contributed by atoms with E-state index in [2.05, 4.69) is 50.4 Å². The number of anilines is 1. The van der Waals surface area contributed by atoms with E-state index in [0.29, 0.717) is 13.0 Å². The van der Waals surface area contributed by atoms with Gasteiger partial charge in [-0.25, -0.2) is 0 Å². The van der Waals surface area contributed by atoms with Crippen molar-refractivity contribution in [1.82, 2.24) is 5.32 Å². The zero-order chi connectivity index (χ0) is 16.8. The lowest BCUT2D eigenvalue weighted by molar-refractivity contribution is -0.120. The highest BCUT2D eigenvalue weighted by atomic mass is 79.9. The van der Waals surface area contributed by atoms with Crippen LogP contribution in [0.4, 0.5) is 5.69 Å². The molecule has 0 saturated carbocycles. The Kier molecular flexibility index (Phi) is 5.88. The van der Waals surface area contributed by atoms with E-state index in [4.69, 9.17) is 4.74 Å². The third-order valence-corrected chi connectivity index (χ3v) is 4.55. The highest BCUT2D eigenvalue weighted by Gasteiger charge is 2.11. The SMILES string of the molecule is O=C(Cc1cccc(Br)c1)NCc1ccc(N2CCOCC2)cc1. The highest BCUT2D eigenvalue weighted by Crippen LogP contribution is 2.17. The number of morpholine rings is 1. The number of rotatable bonds is 5. The molecule has 1 saturated heterocycles. The van der Waals surface area contributed by atoms with Crippen molar-refractivity contribution in [3.63, 3.8) is 0 Å². The van der Waals surface area contributed by atoms with E-state index in [0.717, 1.165) is 41.9 Å². The maximum absolute atomic E-state index is 12.1. The van der Waals surface area contributed by atoms with E-state index in [9.17, 15) is 4.79 Å². The fraction of sp³-hybridized carbons (Fsp3) is 0.316. The van der Waals surface area contributed by atoms with Gasteiger partial charge in [-0.05, 0) is 35.4 Å². The Morgan fingerprint density at radius 1 is 1.08 bits per heavy atom. The maximum Gasteiger partial charge on any atom is 0.224 e. The van der Waals surface area contributed by atoms with Gasteiger partial charge in [-0.3, -0.25) is 4.79 Å². The predicted octanol–water partition coefficient (Wildman–Crippen LogP) is 3.14. The fourth-order valence-corrected chi connectivity index (χ4v) is 3.19. The Morgan fingerprint density at radius 2 is 1.83 bits per heavy atom. The summed E-state index contributed by atoms with van der Waals surface area (Å²) in [5.74, 6) is 0.0327. The minimum Gasteiger partial charge on any atom is -0.378 e. The Bertz CT molecular complexity index is 682. The fourth-order valence-electron chi connectivity index (χ4n) is 2.74. The topological polar surface area (TPSA) is 41.6 Å². The second-order valence-corrected chi connectivity index (χ2v) is 6.76. The molecule has 0 aliphatic carbocycles. The second kappa shape index (κ2) is 8.31. The van der Waals surface area contributed by atoms with Crippen LogP contribution in [0.15, 0.2) is 53.0 Å². The van der Waals surface area contributed by atoms with Gasteiger partial charge in [0, 0.05) is 29.8 Å². The van der Waals surface area contributed by atoms with E-state index in [-0.39, 0.29) is 5.91 Å². The van der Waals surface area contributed by atoms with Crippen molar-refractivity contribution in [3.8, 4) is 0 Å². The maximum atomic E-state index is 12.1. The molecule has 2 aromatic rings. The summed E-state index contributed by atoms with van der Waals surface area (Å²) in [5, 5.41) is 2.98. The number of carbonyl (C=O) groups excluding carboxylic acids is 1. The summed E-state index contributed by atoms with van der Waals surface area (Å²) in [6.07, 6.45) is 0.394. The first kappa shape index (κ1) is 17.0. The predicted molar refractivity (Wildman–Crippen MR) is 99.2 cm³/mol. The highest BCUT2D eigenvalue weighted by molar-refractivity contribution is 9.10. The average Bonchev–Trinajstić information content (AvgIpc) is 2.61. The van der Waals surface area contributed by atoms with Gasteiger partial charge in [0.05, 0.1) is 19.6 Å². The average molecular weight is 389 g/mol. The van der Waals surface area contributed by atoms with E-state index < -0.39 is 0 Å². The number of ether oxygens (including phenoxy) is 1. The Hall–Kier alpha value is -1.85. The summed E-state index contributed by atoms with van der Waals surface area (Å²) in [4.78, 5) is 14.4. The van der Waals surface area contributed by atoms with Crippen molar-refractivity contribution in [1.29, 1.82) is 0 Å². The molecule has 0 bridgehead atoms. The van der Waals surface area contributed by atoms with Crippen molar-refractivity contribution in [2.24, 2.45) is 0 Å². The molecule has 1 N–H and O–H groups in total. The van der Waals surface area contributed by atoms with Crippen LogP contribution in [0.25, 0.3) is 0 Å². The molecule has 24 heavy (non-hydrogen) atoms. The number of halogens is 1. The molecule has 0 atom stereocenters. The van der Waals surface area contributed by atoms with Crippen LogP contribution in [0.3, 0.4) is 0 Å². The molecule has 0 unspecified atom stereocenters. The van der Waals surface area contributed by atoms with Crippen molar-refractivity contribution in [3.05, 3.63) is 64.1 Å². The van der Waals surface area contributed by atoms with Crippen molar-refractivity contribution in [2.75, 3.05) is 31.2 Å². The third-order valence-electron chi connectivity index (χ3n) is 4.06. The minimum atomic E-state index is 0.0327. The molecule has 1 amide bonds. The first-order valence-corrected chi connectivity index (χ1v) is 8.93. The van der Waals surface area contributed by atoms with Crippen molar-refractivity contribution >= 4 is 27.5 Å². The van der Waals surface area contributed by atoms with Gasteiger partial charge in [0.15, 0.2) is 0 Å². The first-order valence-electron chi connectivity index (χ1n) is 8.13. The molecular formula is C19H21BrN2O2. The van der Waals surface area contributed by atoms with Gasteiger partial charge in [0.2, 0.25) is 5.91 Å². The third kappa shape index (κ3) is 4.82. The number of carbonyl (C=O) groups is 1.